The average molecular weight is 443 g/mol. The molecule has 0 N–H and O–H groups in total. The Morgan fingerprint density at radius 1 is 1.03 bits per heavy atom. The van der Waals surface area contributed by atoms with Crippen molar-refractivity contribution in [1.29, 1.82) is 0 Å². The number of rotatable bonds is 6. The second-order valence-electron chi connectivity index (χ2n) is 8.13. The van der Waals surface area contributed by atoms with Crippen LogP contribution in [0.3, 0.4) is 0 Å². The number of piperidine rings is 1. The van der Waals surface area contributed by atoms with Crippen LogP contribution in [-0.4, -0.2) is 38.4 Å². The first-order chi connectivity index (χ1) is 15.8. The van der Waals surface area contributed by atoms with Crippen molar-refractivity contribution in [2.24, 2.45) is 0 Å². The van der Waals surface area contributed by atoms with Gasteiger partial charge in [0.15, 0.2) is 5.65 Å². The van der Waals surface area contributed by atoms with E-state index in [0.29, 0.717) is 6.04 Å². The smallest absolute Gasteiger partial charge is 0.246 e. The fourth-order valence-electron chi connectivity index (χ4n) is 4.43. The second kappa shape index (κ2) is 9.49. The Labute approximate surface area is 192 Å². The molecule has 0 unspecified atom stereocenters. The zero-order valence-electron chi connectivity index (χ0n) is 17.9. The summed E-state index contributed by atoms with van der Waals surface area (Å²) in [7, 11) is 0. The van der Waals surface area contributed by atoms with Gasteiger partial charge in [-0.25, -0.2) is 9.97 Å². The minimum Gasteiger partial charge on any atom is -0.339 e. The first kappa shape index (κ1) is 20.6. The number of amides is 1. The average Bonchev–Trinajstić information content (AvgIpc) is 3.49. The molecule has 5 nitrogen and oxygen atoms in total. The summed E-state index contributed by atoms with van der Waals surface area (Å²) in [5, 5.41) is 2.02. The van der Waals surface area contributed by atoms with Crippen molar-refractivity contribution in [2.45, 2.75) is 31.7 Å². The number of thiophene rings is 1. The van der Waals surface area contributed by atoms with E-state index < -0.39 is 0 Å². The molecule has 1 amide bonds. The van der Waals surface area contributed by atoms with Crippen molar-refractivity contribution in [3.05, 3.63) is 88.5 Å². The standard InChI is InChI=1S/C26H26N4OS/c31-25(13-11-22-8-5-19-32-22)29-17-14-21(15-18-29)30-24(12-10-20-6-2-1-3-7-20)28-23-9-4-16-27-26(23)30/h1-9,11,13,16,19,21H,10,12,14-15,17-18H2/b13-11+. The maximum Gasteiger partial charge on any atom is 0.246 e. The molecule has 3 aromatic heterocycles. The molecule has 4 heterocycles. The summed E-state index contributed by atoms with van der Waals surface area (Å²) in [5.74, 6) is 1.18. The van der Waals surface area contributed by atoms with Crippen LogP contribution in [0.4, 0.5) is 0 Å². The van der Waals surface area contributed by atoms with Gasteiger partial charge in [0.25, 0.3) is 0 Å². The topological polar surface area (TPSA) is 51.0 Å². The van der Waals surface area contributed by atoms with E-state index in [9.17, 15) is 4.79 Å². The fourth-order valence-corrected chi connectivity index (χ4v) is 5.04. The normalized spacial score (nSPS) is 15.1. The van der Waals surface area contributed by atoms with Crippen molar-refractivity contribution < 1.29 is 4.79 Å². The highest BCUT2D eigenvalue weighted by atomic mass is 32.1. The van der Waals surface area contributed by atoms with Crippen molar-refractivity contribution >= 4 is 34.5 Å². The quantitative estimate of drug-likeness (QED) is 0.388. The lowest BCUT2D eigenvalue weighted by atomic mass is 10.0. The molecule has 0 spiro atoms. The van der Waals surface area contributed by atoms with E-state index in [0.717, 1.165) is 60.6 Å². The fraction of sp³-hybridized carbons (Fsp3) is 0.269. The van der Waals surface area contributed by atoms with E-state index in [2.05, 4.69) is 33.8 Å². The lowest BCUT2D eigenvalue weighted by molar-refractivity contribution is -0.127. The Hall–Kier alpha value is -3.25. The molecule has 1 aromatic carbocycles. The number of benzene rings is 1. The molecule has 0 bridgehead atoms. The summed E-state index contributed by atoms with van der Waals surface area (Å²) in [4.78, 5) is 25.3. The third kappa shape index (κ3) is 4.50. The van der Waals surface area contributed by atoms with Crippen LogP contribution in [0.15, 0.2) is 72.3 Å². The van der Waals surface area contributed by atoms with Gasteiger partial charge in [0.05, 0.1) is 0 Å². The lowest BCUT2D eigenvalue weighted by Gasteiger charge is -2.33. The van der Waals surface area contributed by atoms with Crippen molar-refractivity contribution in [2.75, 3.05) is 13.1 Å². The number of aryl methyl sites for hydroxylation is 2. The van der Waals surface area contributed by atoms with Gasteiger partial charge in [-0.1, -0.05) is 36.4 Å². The molecule has 32 heavy (non-hydrogen) atoms. The van der Waals surface area contributed by atoms with Gasteiger partial charge in [-0.3, -0.25) is 4.79 Å². The molecular formula is C26H26N4OS. The van der Waals surface area contributed by atoms with Gasteiger partial charge in [0.2, 0.25) is 5.91 Å². The molecule has 0 aliphatic carbocycles. The van der Waals surface area contributed by atoms with Gasteiger partial charge in [-0.05, 0) is 54.5 Å². The van der Waals surface area contributed by atoms with Crippen LogP contribution in [0.25, 0.3) is 17.2 Å². The summed E-state index contributed by atoms with van der Waals surface area (Å²) in [5.41, 5.74) is 3.22. The molecule has 0 atom stereocenters. The Balaban J connectivity index is 1.30. The van der Waals surface area contributed by atoms with Gasteiger partial charge >= 0.3 is 0 Å². The van der Waals surface area contributed by atoms with Crippen molar-refractivity contribution in [3.8, 4) is 0 Å². The van der Waals surface area contributed by atoms with Crippen LogP contribution in [-0.2, 0) is 17.6 Å². The van der Waals surface area contributed by atoms with Crippen LogP contribution in [0, 0.1) is 0 Å². The summed E-state index contributed by atoms with van der Waals surface area (Å²) >= 11 is 1.64. The number of aromatic nitrogens is 3. The second-order valence-corrected chi connectivity index (χ2v) is 9.11. The number of imidazole rings is 1. The van der Waals surface area contributed by atoms with Crippen LogP contribution in [0.1, 0.15) is 35.1 Å². The van der Waals surface area contributed by atoms with Gasteiger partial charge in [-0.2, -0.15) is 0 Å². The van der Waals surface area contributed by atoms with Gasteiger partial charge in [0, 0.05) is 42.7 Å². The molecule has 1 aliphatic rings. The summed E-state index contributed by atoms with van der Waals surface area (Å²) < 4.78 is 2.33. The highest BCUT2D eigenvalue weighted by Gasteiger charge is 2.26. The molecule has 1 aliphatic heterocycles. The first-order valence-electron chi connectivity index (χ1n) is 11.1. The Bertz CT molecular complexity index is 1210. The number of likely N-dealkylation sites (tertiary alicyclic amines) is 1. The molecule has 4 aromatic rings. The van der Waals surface area contributed by atoms with Crippen LogP contribution >= 0.6 is 11.3 Å². The van der Waals surface area contributed by atoms with Gasteiger partial charge < -0.3 is 9.47 Å². The van der Waals surface area contributed by atoms with Crippen LogP contribution in [0.2, 0.25) is 0 Å². The number of hydrogen-bond acceptors (Lipinski definition) is 4. The van der Waals surface area contributed by atoms with E-state index in [1.165, 1.54) is 5.56 Å². The SMILES string of the molecule is O=C(/C=C/c1cccs1)N1CCC(n2c(CCc3ccccc3)nc3cccnc32)CC1. The third-order valence-electron chi connectivity index (χ3n) is 6.08. The zero-order valence-corrected chi connectivity index (χ0v) is 18.7. The van der Waals surface area contributed by atoms with E-state index in [1.54, 1.807) is 17.4 Å². The monoisotopic (exact) mass is 442 g/mol. The summed E-state index contributed by atoms with van der Waals surface area (Å²) in [6.45, 7) is 1.51. The predicted molar refractivity (Wildman–Crippen MR) is 130 cm³/mol. The van der Waals surface area contributed by atoms with Crippen LogP contribution in [0.5, 0.6) is 0 Å². The molecule has 1 fully saturated rings. The maximum absolute atomic E-state index is 12.6. The highest BCUT2D eigenvalue weighted by molar-refractivity contribution is 7.10. The number of nitrogens with zero attached hydrogens (tertiary/aromatic N) is 4. The third-order valence-corrected chi connectivity index (χ3v) is 6.91. The molecular weight excluding hydrogens is 416 g/mol. The molecule has 5 rings (SSSR count). The maximum atomic E-state index is 12.6. The van der Waals surface area contributed by atoms with Gasteiger partial charge in [-0.15, -0.1) is 11.3 Å². The van der Waals surface area contributed by atoms with E-state index in [4.69, 9.17) is 4.98 Å². The first-order valence-corrected chi connectivity index (χ1v) is 12.0. The van der Waals surface area contributed by atoms with E-state index >= 15 is 0 Å². The molecule has 0 saturated carbocycles. The highest BCUT2D eigenvalue weighted by Crippen LogP contribution is 2.29. The molecule has 0 radical (unpaired) electrons. The van der Waals surface area contributed by atoms with E-state index in [-0.39, 0.29) is 5.91 Å². The predicted octanol–water partition coefficient (Wildman–Crippen LogP) is 5.15. The van der Waals surface area contributed by atoms with Crippen LogP contribution < -0.4 is 0 Å². The Kier molecular flexibility index (Phi) is 6.12. The van der Waals surface area contributed by atoms with E-state index in [1.807, 2.05) is 52.9 Å². The van der Waals surface area contributed by atoms with Crippen molar-refractivity contribution in [1.82, 2.24) is 19.4 Å². The lowest BCUT2D eigenvalue weighted by Crippen LogP contribution is -2.38. The van der Waals surface area contributed by atoms with Crippen molar-refractivity contribution in [3.63, 3.8) is 0 Å². The number of fused-ring (bicyclic) bond motifs is 1. The number of pyridine rings is 1. The molecule has 1 saturated heterocycles. The summed E-state index contributed by atoms with van der Waals surface area (Å²) in [6.07, 6.45) is 9.12. The Morgan fingerprint density at radius 3 is 2.66 bits per heavy atom. The Morgan fingerprint density at radius 2 is 1.88 bits per heavy atom. The van der Waals surface area contributed by atoms with Gasteiger partial charge in [0.1, 0.15) is 11.3 Å². The molecule has 6 heteroatoms. The zero-order chi connectivity index (χ0) is 21.8. The minimum absolute atomic E-state index is 0.0924. The number of hydrogen-bond donors (Lipinski definition) is 0. The number of carbonyl (C=O) groups excluding carboxylic acids is 1. The largest absolute Gasteiger partial charge is 0.339 e. The minimum atomic E-state index is 0.0924. The number of carbonyl (C=O) groups is 1. The molecule has 162 valence electrons. The summed E-state index contributed by atoms with van der Waals surface area (Å²) in [6, 6.07) is 18.9.